The largest absolute Gasteiger partial charge is 0.443 e. The molecule has 1 heterocycles. The normalized spacial score (nSPS) is 22.3. The number of nitrogens with zero attached hydrogens (tertiary/aromatic N) is 1. The van der Waals surface area contributed by atoms with Crippen molar-refractivity contribution < 1.29 is 26.6 Å². The number of carbonyl (C=O) groups is 1. The molecule has 0 radical (unpaired) electrons. The highest BCUT2D eigenvalue weighted by atomic mass is 32.2. The summed E-state index contributed by atoms with van der Waals surface area (Å²) >= 11 is 0. The molecule has 1 aliphatic rings. The van der Waals surface area contributed by atoms with Gasteiger partial charge in [-0.2, -0.15) is 12.7 Å². The average molecular weight is 368 g/mol. The Morgan fingerprint density at radius 3 is 2.17 bits per heavy atom. The van der Waals surface area contributed by atoms with Crippen LogP contribution in [-0.2, 0) is 23.7 Å². The Labute approximate surface area is 140 Å². The molecule has 7 nitrogen and oxygen atoms in total. The lowest BCUT2D eigenvalue weighted by Gasteiger charge is -2.36. The van der Waals surface area contributed by atoms with Gasteiger partial charge >= 0.3 is 16.4 Å². The Morgan fingerprint density at radius 1 is 1.22 bits per heavy atom. The van der Waals surface area contributed by atoms with Gasteiger partial charge in [0.15, 0.2) is 8.32 Å². The van der Waals surface area contributed by atoms with Crippen molar-refractivity contribution in [1.29, 1.82) is 0 Å². The van der Waals surface area contributed by atoms with E-state index in [4.69, 9.17) is 13.3 Å². The molecule has 136 valence electrons. The van der Waals surface area contributed by atoms with Crippen molar-refractivity contribution in [2.24, 2.45) is 0 Å². The fourth-order valence-corrected chi connectivity index (χ4v) is 3.78. The molecule has 23 heavy (non-hydrogen) atoms. The van der Waals surface area contributed by atoms with Crippen molar-refractivity contribution in [3.05, 3.63) is 0 Å². The van der Waals surface area contributed by atoms with Gasteiger partial charge in [0.25, 0.3) is 0 Å². The minimum absolute atomic E-state index is 0.00926. The Balaban J connectivity index is 2.73. The zero-order valence-electron chi connectivity index (χ0n) is 15.3. The smallest absolute Gasteiger partial charge is 0.425 e. The van der Waals surface area contributed by atoms with Gasteiger partial charge in [0, 0.05) is 0 Å². The summed E-state index contributed by atoms with van der Waals surface area (Å²) in [6.45, 7) is 15.5. The monoisotopic (exact) mass is 367 g/mol. The summed E-state index contributed by atoms with van der Waals surface area (Å²) in [5.41, 5.74) is -0.775. The van der Waals surface area contributed by atoms with Gasteiger partial charge in [-0.05, 0) is 38.9 Å². The summed E-state index contributed by atoms with van der Waals surface area (Å²) in [5, 5.41) is 0.00926. The molecule has 0 N–H and O–H groups in total. The van der Waals surface area contributed by atoms with E-state index in [9.17, 15) is 13.2 Å². The molecule has 1 atom stereocenters. The third kappa shape index (κ3) is 5.44. The molecule has 9 heteroatoms. The van der Waals surface area contributed by atoms with E-state index in [1.165, 1.54) is 0 Å². The van der Waals surface area contributed by atoms with Crippen LogP contribution >= 0.6 is 0 Å². The second-order valence-corrected chi connectivity index (χ2v) is 14.6. The van der Waals surface area contributed by atoms with Crippen LogP contribution in [0.3, 0.4) is 0 Å². The average Bonchev–Trinajstić information content (AvgIpc) is 2.58. The highest BCUT2D eigenvalue weighted by molar-refractivity contribution is 7.85. The molecule has 1 unspecified atom stereocenters. The Morgan fingerprint density at radius 2 is 1.74 bits per heavy atom. The van der Waals surface area contributed by atoms with Crippen molar-refractivity contribution in [3.8, 4) is 0 Å². The predicted molar refractivity (Wildman–Crippen MR) is 89.9 cm³/mol. The fourth-order valence-electron chi connectivity index (χ4n) is 1.61. The van der Waals surface area contributed by atoms with Crippen LogP contribution in [0.25, 0.3) is 0 Å². The van der Waals surface area contributed by atoms with Crippen molar-refractivity contribution in [3.63, 3.8) is 0 Å². The second-order valence-electron chi connectivity index (χ2n) is 8.26. The number of hydrogen-bond donors (Lipinski definition) is 0. The lowest BCUT2D eigenvalue weighted by molar-refractivity contribution is 0.0391. The van der Waals surface area contributed by atoms with Crippen molar-refractivity contribution in [2.45, 2.75) is 71.4 Å². The molecule has 0 saturated carbocycles. The molecule has 1 saturated heterocycles. The zero-order chi connectivity index (χ0) is 18.3. The predicted octanol–water partition coefficient (Wildman–Crippen LogP) is 2.89. The number of ether oxygens (including phenoxy) is 1. The number of hydrogen-bond acceptors (Lipinski definition) is 6. The maximum absolute atomic E-state index is 12.0. The second kappa shape index (κ2) is 6.34. The molecule has 1 aliphatic heterocycles. The third-order valence-corrected chi connectivity index (χ3v) is 9.78. The lowest BCUT2D eigenvalue weighted by Crippen LogP contribution is -2.43. The van der Waals surface area contributed by atoms with E-state index in [1.54, 1.807) is 20.8 Å². The van der Waals surface area contributed by atoms with E-state index < -0.39 is 36.4 Å². The molecule has 0 aromatic heterocycles. The van der Waals surface area contributed by atoms with Gasteiger partial charge in [0.2, 0.25) is 0 Å². The minimum Gasteiger partial charge on any atom is -0.443 e. The van der Waals surface area contributed by atoms with Gasteiger partial charge in [-0.3, -0.25) is 0 Å². The van der Waals surface area contributed by atoms with Gasteiger partial charge in [0.1, 0.15) is 11.7 Å². The number of amides is 1. The summed E-state index contributed by atoms with van der Waals surface area (Å²) < 4.78 is 40.7. The highest BCUT2D eigenvalue weighted by Crippen LogP contribution is 2.37. The molecule has 0 spiro atoms. The first-order chi connectivity index (χ1) is 10.1. The van der Waals surface area contributed by atoms with E-state index in [1.807, 2.05) is 0 Å². The molecular weight excluding hydrogens is 338 g/mol. The standard InChI is InChI=1S/C14H29NO6SSi/c1-13(2,3)20-12(16)15-9-11(21-22(15,17)18)10-19-23(7,8)14(4,5)6/h11H,9-10H2,1-8H3. The zero-order valence-corrected chi connectivity index (χ0v) is 17.1. The topological polar surface area (TPSA) is 82.1 Å². The van der Waals surface area contributed by atoms with Crippen molar-refractivity contribution in [2.75, 3.05) is 13.2 Å². The molecule has 0 bridgehead atoms. The summed E-state index contributed by atoms with van der Waals surface area (Å²) in [6.07, 6.45) is -1.63. The third-order valence-electron chi connectivity index (χ3n) is 3.93. The van der Waals surface area contributed by atoms with Crippen molar-refractivity contribution in [1.82, 2.24) is 4.31 Å². The van der Waals surface area contributed by atoms with Crippen LogP contribution in [0, 0.1) is 0 Å². The van der Waals surface area contributed by atoms with Gasteiger partial charge < -0.3 is 9.16 Å². The van der Waals surface area contributed by atoms with Gasteiger partial charge in [-0.1, -0.05) is 20.8 Å². The number of carbonyl (C=O) groups excluding carboxylic acids is 1. The first-order valence-corrected chi connectivity index (χ1v) is 11.9. The summed E-state index contributed by atoms with van der Waals surface area (Å²) in [6, 6.07) is 0. The molecule has 0 aromatic rings. The van der Waals surface area contributed by atoms with E-state index in [2.05, 4.69) is 33.9 Å². The van der Waals surface area contributed by atoms with Gasteiger partial charge in [-0.25, -0.2) is 8.98 Å². The summed E-state index contributed by atoms with van der Waals surface area (Å²) in [5.74, 6) is 0. The molecule has 1 rings (SSSR count). The summed E-state index contributed by atoms with van der Waals surface area (Å²) in [7, 11) is -6.13. The van der Waals surface area contributed by atoms with Crippen molar-refractivity contribution >= 4 is 24.7 Å². The first-order valence-electron chi connectivity index (χ1n) is 7.63. The van der Waals surface area contributed by atoms with Crippen LogP contribution in [0.15, 0.2) is 0 Å². The minimum atomic E-state index is -4.12. The molecular formula is C14H29NO6SSi. The van der Waals surface area contributed by atoms with E-state index >= 15 is 0 Å². The number of rotatable bonds is 3. The Kier molecular flexibility index (Phi) is 5.63. The van der Waals surface area contributed by atoms with E-state index in [0.29, 0.717) is 4.31 Å². The van der Waals surface area contributed by atoms with Crippen LogP contribution in [0.4, 0.5) is 4.79 Å². The van der Waals surface area contributed by atoms with Gasteiger partial charge in [-0.15, -0.1) is 0 Å². The Hall–Kier alpha value is -0.643. The van der Waals surface area contributed by atoms with E-state index in [-0.39, 0.29) is 18.2 Å². The SMILES string of the molecule is CC(C)(C)OC(=O)N1CC(CO[Si](C)(C)C(C)(C)C)OS1(=O)=O. The highest BCUT2D eigenvalue weighted by Gasteiger charge is 2.44. The van der Waals surface area contributed by atoms with Crippen LogP contribution in [0.2, 0.25) is 18.1 Å². The lowest BCUT2D eigenvalue weighted by atomic mass is 10.2. The molecule has 1 fully saturated rings. The first kappa shape index (κ1) is 20.4. The van der Waals surface area contributed by atoms with Gasteiger partial charge in [0.05, 0.1) is 13.2 Å². The molecule has 1 amide bonds. The molecule has 0 aromatic carbocycles. The maximum atomic E-state index is 12.0. The summed E-state index contributed by atoms with van der Waals surface area (Å²) in [4.78, 5) is 12.0. The Bertz CT molecular complexity index is 547. The van der Waals surface area contributed by atoms with Crippen LogP contribution in [0.5, 0.6) is 0 Å². The van der Waals surface area contributed by atoms with E-state index in [0.717, 1.165) is 0 Å². The van der Waals surface area contributed by atoms with Crippen LogP contribution < -0.4 is 0 Å². The molecule has 0 aliphatic carbocycles. The maximum Gasteiger partial charge on any atom is 0.425 e. The van der Waals surface area contributed by atoms with Crippen LogP contribution in [0.1, 0.15) is 41.5 Å². The van der Waals surface area contributed by atoms with Crippen LogP contribution in [-0.4, -0.2) is 52.0 Å². The fraction of sp³-hybridized carbons (Fsp3) is 0.929. The quantitative estimate of drug-likeness (QED) is 0.713.